The van der Waals surface area contributed by atoms with Crippen LogP contribution in [-0.4, -0.2) is 16.4 Å². The van der Waals surface area contributed by atoms with E-state index in [-0.39, 0.29) is 5.91 Å². The zero-order chi connectivity index (χ0) is 12.2. The summed E-state index contributed by atoms with van der Waals surface area (Å²) in [6.45, 7) is 4.23. The van der Waals surface area contributed by atoms with Crippen molar-refractivity contribution in [3.63, 3.8) is 0 Å². The van der Waals surface area contributed by atoms with Gasteiger partial charge in [-0.2, -0.15) is 0 Å². The van der Waals surface area contributed by atoms with E-state index in [4.69, 9.17) is 18.0 Å². The van der Waals surface area contributed by atoms with E-state index in [1.54, 1.807) is 0 Å². The van der Waals surface area contributed by atoms with Crippen LogP contribution in [-0.2, 0) is 4.79 Å². The first-order chi connectivity index (χ1) is 7.50. The standard InChI is InChI=1S/C12H22N2OS/c1-3-4-10(15)14-12(11(13)16)7-5-9(2)6-8-12/h9H,3-8H2,1-2H3,(H2,13,16)(H,14,15). The molecule has 0 aromatic rings. The molecule has 92 valence electrons. The molecule has 1 amide bonds. The Morgan fingerprint density at radius 3 is 2.50 bits per heavy atom. The van der Waals surface area contributed by atoms with Gasteiger partial charge in [0.2, 0.25) is 5.91 Å². The van der Waals surface area contributed by atoms with Gasteiger partial charge < -0.3 is 11.1 Å². The largest absolute Gasteiger partial charge is 0.391 e. The molecule has 1 saturated carbocycles. The summed E-state index contributed by atoms with van der Waals surface area (Å²) in [5, 5.41) is 3.05. The van der Waals surface area contributed by atoms with Gasteiger partial charge in [0.05, 0.1) is 10.5 Å². The van der Waals surface area contributed by atoms with Crippen LogP contribution < -0.4 is 11.1 Å². The van der Waals surface area contributed by atoms with Crippen molar-refractivity contribution >= 4 is 23.1 Å². The molecule has 4 heteroatoms. The predicted octanol–water partition coefficient (Wildman–Crippen LogP) is 2.14. The summed E-state index contributed by atoms with van der Waals surface area (Å²) in [5.41, 5.74) is 5.40. The molecule has 16 heavy (non-hydrogen) atoms. The molecule has 0 aliphatic heterocycles. The molecule has 1 aliphatic carbocycles. The molecular formula is C12H22N2OS. The van der Waals surface area contributed by atoms with Crippen molar-refractivity contribution in [2.24, 2.45) is 11.7 Å². The fourth-order valence-corrected chi connectivity index (χ4v) is 2.50. The minimum Gasteiger partial charge on any atom is -0.391 e. The second kappa shape index (κ2) is 5.62. The molecule has 0 aromatic carbocycles. The van der Waals surface area contributed by atoms with Gasteiger partial charge in [-0.1, -0.05) is 26.1 Å². The van der Waals surface area contributed by atoms with Crippen molar-refractivity contribution in [3.8, 4) is 0 Å². The minimum absolute atomic E-state index is 0.0739. The number of rotatable bonds is 4. The van der Waals surface area contributed by atoms with Crippen LogP contribution in [0.1, 0.15) is 52.4 Å². The first-order valence-corrected chi connectivity index (χ1v) is 6.52. The highest BCUT2D eigenvalue weighted by atomic mass is 32.1. The Morgan fingerprint density at radius 2 is 2.06 bits per heavy atom. The zero-order valence-corrected chi connectivity index (χ0v) is 11.0. The van der Waals surface area contributed by atoms with Crippen molar-refractivity contribution < 1.29 is 4.79 Å². The summed E-state index contributed by atoms with van der Waals surface area (Å²) in [6.07, 6.45) is 5.36. The smallest absolute Gasteiger partial charge is 0.220 e. The summed E-state index contributed by atoms with van der Waals surface area (Å²) < 4.78 is 0. The van der Waals surface area contributed by atoms with Gasteiger partial charge in [-0.25, -0.2) is 0 Å². The molecule has 0 bridgehead atoms. The lowest BCUT2D eigenvalue weighted by Crippen LogP contribution is -2.58. The molecule has 0 atom stereocenters. The number of carbonyl (C=O) groups is 1. The lowest BCUT2D eigenvalue weighted by molar-refractivity contribution is -0.122. The van der Waals surface area contributed by atoms with Gasteiger partial charge in [0, 0.05) is 6.42 Å². The third-order valence-electron chi connectivity index (χ3n) is 3.46. The average Bonchev–Trinajstić information content (AvgIpc) is 2.22. The first-order valence-electron chi connectivity index (χ1n) is 6.11. The SMILES string of the molecule is CCCC(=O)NC1(C(N)=S)CCC(C)CC1. The third kappa shape index (κ3) is 3.17. The molecule has 1 aliphatic rings. The molecule has 0 unspecified atom stereocenters. The first kappa shape index (κ1) is 13.4. The second-order valence-corrected chi connectivity index (χ2v) is 5.37. The highest BCUT2D eigenvalue weighted by Crippen LogP contribution is 2.32. The minimum atomic E-state index is -0.409. The molecule has 1 rings (SSSR count). The number of nitrogens with one attached hydrogen (secondary N) is 1. The van der Waals surface area contributed by atoms with E-state index >= 15 is 0 Å². The maximum absolute atomic E-state index is 11.7. The van der Waals surface area contributed by atoms with E-state index in [1.807, 2.05) is 6.92 Å². The van der Waals surface area contributed by atoms with Crippen LogP contribution in [0, 0.1) is 5.92 Å². The quantitative estimate of drug-likeness (QED) is 0.743. The van der Waals surface area contributed by atoms with Crippen LogP contribution in [0.3, 0.4) is 0 Å². The van der Waals surface area contributed by atoms with E-state index in [2.05, 4.69) is 12.2 Å². The van der Waals surface area contributed by atoms with Gasteiger partial charge in [-0.3, -0.25) is 4.79 Å². The zero-order valence-electron chi connectivity index (χ0n) is 10.2. The summed E-state index contributed by atoms with van der Waals surface area (Å²) >= 11 is 5.13. The van der Waals surface area contributed by atoms with Crippen LogP contribution >= 0.6 is 12.2 Å². The van der Waals surface area contributed by atoms with E-state index in [0.29, 0.717) is 17.3 Å². The van der Waals surface area contributed by atoms with Gasteiger partial charge in [-0.15, -0.1) is 0 Å². The van der Waals surface area contributed by atoms with Crippen molar-refractivity contribution in [1.82, 2.24) is 5.32 Å². The van der Waals surface area contributed by atoms with Gasteiger partial charge in [0.1, 0.15) is 0 Å². The Kier molecular flexibility index (Phi) is 4.71. The second-order valence-electron chi connectivity index (χ2n) is 4.93. The van der Waals surface area contributed by atoms with Crippen LogP contribution in [0.2, 0.25) is 0 Å². The van der Waals surface area contributed by atoms with Crippen LogP contribution in [0.5, 0.6) is 0 Å². The van der Waals surface area contributed by atoms with Crippen LogP contribution in [0.15, 0.2) is 0 Å². The Hall–Kier alpha value is -0.640. The molecule has 0 saturated heterocycles. The van der Waals surface area contributed by atoms with Crippen molar-refractivity contribution in [3.05, 3.63) is 0 Å². The molecule has 0 aromatic heterocycles. The van der Waals surface area contributed by atoms with Crippen molar-refractivity contribution in [1.29, 1.82) is 0 Å². The number of hydrogen-bond acceptors (Lipinski definition) is 2. The molecule has 0 spiro atoms. The van der Waals surface area contributed by atoms with Gasteiger partial charge in [0.25, 0.3) is 0 Å². The number of hydrogen-bond donors (Lipinski definition) is 2. The average molecular weight is 242 g/mol. The molecule has 0 heterocycles. The highest BCUT2D eigenvalue weighted by Gasteiger charge is 2.37. The number of carbonyl (C=O) groups excluding carboxylic acids is 1. The Labute approximate surface area is 103 Å². The fraction of sp³-hybridized carbons (Fsp3) is 0.833. The topological polar surface area (TPSA) is 55.1 Å². The van der Waals surface area contributed by atoms with E-state index < -0.39 is 5.54 Å². The van der Waals surface area contributed by atoms with E-state index in [0.717, 1.165) is 32.1 Å². The van der Waals surface area contributed by atoms with E-state index in [9.17, 15) is 4.79 Å². The predicted molar refractivity (Wildman–Crippen MR) is 70.2 cm³/mol. The third-order valence-corrected chi connectivity index (χ3v) is 3.85. The summed E-state index contributed by atoms with van der Waals surface area (Å²) in [7, 11) is 0. The Morgan fingerprint density at radius 1 is 1.50 bits per heavy atom. The van der Waals surface area contributed by atoms with Gasteiger partial charge in [0.15, 0.2) is 0 Å². The fourth-order valence-electron chi connectivity index (χ4n) is 2.24. The van der Waals surface area contributed by atoms with Gasteiger partial charge in [-0.05, 0) is 38.0 Å². The normalized spacial score (nSPS) is 29.8. The molecule has 1 fully saturated rings. The highest BCUT2D eigenvalue weighted by molar-refractivity contribution is 7.80. The molecule has 3 N–H and O–H groups in total. The lowest BCUT2D eigenvalue weighted by atomic mass is 9.77. The van der Waals surface area contributed by atoms with Crippen LogP contribution in [0.25, 0.3) is 0 Å². The van der Waals surface area contributed by atoms with Gasteiger partial charge >= 0.3 is 0 Å². The number of thiocarbonyl (C=S) groups is 1. The summed E-state index contributed by atoms with van der Waals surface area (Å²) in [4.78, 5) is 12.1. The maximum atomic E-state index is 11.7. The van der Waals surface area contributed by atoms with Crippen molar-refractivity contribution in [2.75, 3.05) is 0 Å². The Balaban J connectivity index is 2.66. The monoisotopic (exact) mass is 242 g/mol. The molecule has 0 radical (unpaired) electrons. The molecular weight excluding hydrogens is 220 g/mol. The molecule has 3 nitrogen and oxygen atoms in total. The van der Waals surface area contributed by atoms with Crippen molar-refractivity contribution in [2.45, 2.75) is 57.9 Å². The van der Waals surface area contributed by atoms with Crippen LogP contribution in [0.4, 0.5) is 0 Å². The summed E-state index contributed by atoms with van der Waals surface area (Å²) in [5.74, 6) is 0.787. The summed E-state index contributed by atoms with van der Waals surface area (Å²) in [6, 6.07) is 0. The lowest BCUT2D eigenvalue weighted by Gasteiger charge is -2.39. The Bertz CT molecular complexity index is 270. The maximum Gasteiger partial charge on any atom is 0.220 e. The number of nitrogens with two attached hydrogens (primary N) is 1. The number of amides is 1. The van der Waals surface area contributed by atoms with E-state index in [1.165, 1.54) is 0 Å².